The van der Waals surface area contributed by atoms with Gasteiger partial charge in [-0.2, -0.15) is 0 Å². The number of nitrogens with zero attached hydrogens (tertiary/aromatic N) is 4. The van der Waals surface area contributed by atoms with Gasteiger partial charge in [0.25, 0.3) is 11.5 Å². The molecule has 0 aliphatic heterocycles. The zero-order valence-electron chi connectivity index (χ0n) is 13.2. The molecule has 0 aliphatic rings. The van der Waals surface area contributed by atoms with Crippen molar-refractivity contribution in [3.63, 3.8) is 0 Å². The number of hydrogen-bond donors (Lipinski definition) is 2. The van der Waals surface area contributed by atoms with Crippen LogP contribution in [0.2, 0.25) is 0 Å². The summed E-state index contributed by atoms with van der Waals surface area (Å²) in [5.41, 5.74) is 4.56. The lowest BCUT2D eigenvalue weighted by Gasteiger charge is -2.08. The fourth-order valence-electron chi connectivity index (χ4n) is 2.17. The number of amides is 1. The molecule has 0 fully saturated rings. The van der Waals surface area contributed by atoms with Gasteiger partial charge < -0.3 is 11.1 Å². The Balaban J connectivity index is 2.25. The van der Waals surface area contributed by atoms with Gasteiger partial charge in [0.05, 0.1) is 6.20 Å². The van der Waals surface area contributed by atoms with E-state index in [2.05, 4.69) is 15.3 Å². The number of carbonyl (C=O) groups excluding carboxylic acids is 1. The van der Waals surface area contributed by atoms with Crippen LogP contribution in [0.15, 0.2) is 15.8 Å². The van der Waals surface area contributed by atoms with E-state index in [1.54, 1.807) is 0 Å². The zero-order chi connectivity index (χ0) is 17.0. The molecule has 1 amide bonds. The third kappa shape index (κ3) is 3.45. The second-order valence-corrected chi connectivity index (χ2v) is 5.24. The second kappa shape index (κ2) is 7.14. The van der Waals surface area contributed by atoms with E-state index in [1.165, 1.54) is 24.9 Å². The summed E-state index contributed by atoms with van der Waals surface area (Å²) in [6.45, 7) is 1.14. The van der Waals surface area contributed by atoms with Gasteiger partial charge >= 0.3 is 5.69 Å². The maximum atomic E-state index is 12.1. The Kier molecular flexibility index (Phi) is 5.22. The number of hydrogen-bond acceptors (Lipinski definition) is 6. The van der Waals surface area contributed by atoms with Gasteiger partial charge in [0.15, 0.2) is 11.2 Å². The highest BCUT2D eigenvalue weighted by molar-refractivity contribution is 5.93. The SMILES string of the molecule is Cn1c(=O)c2ncc(C(=O)NCCCCCN)nc2n(C)c1=O. The first-order valence-corrected chi connectivity index (χ1v) is 7.38. The normalized spacial score (nSPS) is 10.9. The number of aryl methyl sites for hydroxylation is 1. The number of fused-ring (bicyclic) bond motifs is 1. The van der Waals surface area contributed by atoms with Crippen LogP contribution in [0, 0.1) is 0 Å². The average molecular weight is 320 g/mol. The minimum Gasteiger partial charge on any atom is -0.351 e. The molecule has 0 aliphatic carbocycles. The lowest BCUT2D eigenvalue weighted by Crippen LogP contribution is -2.38. The van der Waals surface area contributed by atoms with Gasteiger partial charge in [0.1, 0.15) is 5.69 Å². The number of unbranched alkanes of at least 4 members (excludes halogenated alkanes) is 2. The van der Waals surface area contributed by atoms with Crippen molar-refractivity contribution >= 4 is 17.1 Å². The summed E-state index contributed by atoms with van der Waals surface area (Å²) in [6.07, 6.45) is 3.91. The molecule has 2 aromatic rings. The third-order valence-corrected chi connectivity index (χ3v) is 3.55. The Morgan fingerprint density at radius 2 is 1.96 bits per heavy atom. The maximum absolute atomic E-state index is 12.1. The van der Waals surface area contributed by atoms with E-state index in [-0.39, 0.29) is 22.8 Å². The molecule has 2 aromatic heterocycles. The van der Waals surface area contributed by atoms with Gasteiger partial charge in [0.2, 0.25) is 0 Å². The van der Waals surface area contributed by atoms with Crippen LogP contribution in [0.3, 0.4) is 0 Å². The molecule has 3 N–H and O–H groups in total. The van der Waals surface area contributed by atoms with E-state index in [1.807, 2.05) is 0 Å². The van der Waals surface area contributed by atoms with E-state index in [4.69, 9.17) is 5.73 Å². The molecule has 0 aromatic carbocycles. The van der Waals surface area contributed by atoms with Crippen molar-refractivity contribution in [3.05, 3.63) is 32.7 Å². The van der Waals surface area contributed by atoms with Crippen LogP contribution in [0.1, 0.15) is 29.8 Å². The smallest absolute Gasteiger partial charge is 0.332 e. The first-order chi connectivity index (χ1) is 11.0. The third-order valence-electron chi connectivity index (χ3n) is 3.55. The molecule has 0 bridgehead atoms. The molecule has 9 nitrogen and oxygen atoms in total. The Bertz CT molecular complexity index is 839. The van der Waals surface area contributed by atoms with Crippen LogP contribution in [-0.2, 0) is 14.1 Å². The van der Waals surface area contributed by atoms with Crippen molar-refractivity contribution in [3.8, 4) is 0 Å². The average Bonchev–Trinajstić information content (AvgIpc) is 2.57. The van der Waals surface area contributed by atoms with E-state index >= 15 is 0 Å². The van der Waals surface area contributed by atoms with Gasteiger partial charge in [-0.25, -0.2) is 14.8 Å². The van der Waals surface area contributed by atoms with Gasteiger partial charge in [-0.05, 0) is 19.4 Å². The fraction of sp³-hybridized carbons (Fsp3) is 0.500. The van der Waals surface area contributed by atoms with Gasteiger partial charge in [-0.3, -0.25) is 18.7 Å². The monoisotopic (exact) mass is 320 g/mol. The summed E-state index contributed by atoms with van der Waals surface area (Å²) in [6, 6.07) is 0. The quantitative estimate of drug-likeness (QED) is 0.650. The molecule has 0 saturated carbocycles. The zero-order valence-corrected chi connectivity index (χ0v) is 13.2. The standard InChI is InChI=1S/C14H20N6O3/c1-19-11-10(13(22)20(2)14(19)23)17-8-9(18-11)12(21)16-7-5-3-4-6-15/h8H,3-7,15H2,1-2H3,(H,16,21). The topological polar surface area (TPSA) is 125 Å². The van der Waals surface area contributed by atoms with Crippen LogP contribution < -0.4 is 22.3 Å². The number of nitrogens with one attached hydrogen (secondary N) is 1. The summed E-state index contributed by atoms with van der Waals surface area (Å²) in [5, 5.41) is 2.73. The summed E-state index contributed by atoms with van der Waals surface area (Å²) >= 11 is 0. The molecule has 0 radical (unpaired) electrons. The molecule has 9 heteroatoms. The molecule has 2 rings (SSSR count). The largest absolute Gasteiger partial charge is 0.351 e. The van der Waals surface area contributed by atoms with Crippen LogP contribution in [-0.4, -0.2) is 38.1 Å². The molecule has 124 valence electrons. The van der Waals surface area contributed by atoms with Gasteiger partial charge in [-0.15, -0.1) is 0 Å². The number of rotatable bonds is 6. The number of carbonyl (C=O) groups is 1. The molecule has 0 atom stereocenters. The Hall–Kier alpha value is -2.55. The molecular weight excluding hydrogens is 300 g/mol. The summed E-state index contributed by atoms with van der Waals surface area (Å²) < 4.78 is 2.15. The summed E-state index contributed by atoms with van der Waals surface area (Å²) in [4.78, 5) is 44.1. The second-order valence-electron chi connectivity index (χ2n) is 5.24. The Morgan fingerprint density at radius 3 is 2.65 bits per heavy atom. The van der Waals surface area contributed by atoms with Crippen molar-refractivity contribution < 1.29 is 4.79 Å². The van der Waals surface area contributed by atoms with Crippen molar-refractivity contribution in [1.82, 2.24) is 24.4 Å². The minimum absolute atomic E-state index is 0.0501. The van der Waals surface area contributed by atoms with Gasteiger partial charge in [-0.1, -0.05) is 6.42 Å². The summed E-state index contributed by atoms with van der Waals surface area (Å²) in [5.74, 6) is -0.389. The Morgan fingerprint density at radius 1 is 1.22 bits per heavy atom. The molecular formula is C14H20N6O3. The summed E-state index contributed by atoms with van der Waals surface area (Å²) in [7, 11) is 2.85. The van der Waals surface area contributed by atoms with Crippen molar-refractivity contribution in [1.29, 1.82) is 0 Å². The van der Waals surface area contributed by atoms with Crippen LogP contribution in [0.25, 0.3) is 11.2 Å². The maximum Gasteiger partial charge on any atom is 0.332 e. The van der Waals surface area contributed by atoms with Gasteiger partial charge in [0, 0.05) is 20.6 Å². The first-order valence-electron chi connectivity index (χ1n) is 7.38. The van der Waals surface area contributed by atoms with Crippen LogP contribution in [0.4, 0.5) is 0 Å². The van der Waals surface area contributed by atoms with Crippen LogP contribution in [0.5, 0.6) is 0 Å². The number of aromatic nitrogens is 4. The minimum atomic E-state index is -0.538. The highest BCUT2D eigenvalue weighted by Gasteiger charge is 2.14. The number of nitrogens with two attached hydrogens (primary N) is 1. The highest BCUT2D eigenvalue weighted by Crippen LogP contribution is 2.02. The molecule has 23 heavy (non-hydrogen) atoms. The van der Waals surface area contributed by atoms with Crippen molar-refractivity contribution in [2.75, 3.05) is 13.1 Å². The predicted molar refractivity (Wildman–Crippen MR) is 85.3 cm³/mol. The van der Waals surface area contributed by atoms with E-state index in [0.29, 0.717) is 13.1 Å². The van der Waals surface area contributed by atoms with Crippen LogP contribution >= 0.6 is 0 Å². The van der Waals surface area contributed by atoms with Crippen molar-refractivity contribution in [2.45, 2.75) is 19.3 Å². The molecule has 0 spiro atoms. The van der Waals surface area contributed by atoms with E-state index in [9.17, 15) is 14.4 Å². The lowest BCUT2D eigenvalue weighted by molar-refractivity contribution is 0.0948. The highest BCUT2D eigenvalue weighted by atomic mass is 16.2. The Labute approximate surface area is 132 Å². The van der Waals surface area contributed by atoms with E-state index < -0.39 is 11.2 Å². The fourth-order valence-corrected chi connectivity index (χ4v) is 2.17. The van der Waals surface area contributed by atoms with Crippen molar-refractivity contribution in [2.24, 2.45) is 19.8 Å². The predicted octanol–water partition coefficient (Wildman–Crippen LogP) is -1.11. The van der Waals surface area contributed by atoms with E-state index in [0.717, 1.165) is 23.8 Å². The molecule has 0 saturated heterocycles. The first kappa shape index (κ1) is 16.8. The lowest BCUT2D eigenvalue weighted by atomic mass is 10.2. The molecule has 2 heterocycles. The molecule has 0 unspecified atom stereocenters.